The molecule has 0 bridgehead atoms. The zero-order valence-corrected chi connectivity index (χ0v) is 18.6. The van der Waals surface area contributed by atoms with Gasteiger partial charge in [0.1, 0.15) is 12.1 Å². The van der Waals surface area contributed by atoms with Gasteiger partial charge >= 0.3 is 0 Å². The molecule has 1 aliphatic heterocycles. The van der Waals surface area contributed by atoms with E-state index >= 15 is 0 Å². The molecule has 0 saturated carbocycles. The zero-order valence-electron chi connectivity index (χ0n) is 17.0. The number of carbonyl (C=O) groups excluding carboxylic acids is 2. The molecule has 3 rings (SSSR count). The summed E-state index contributed by atoms with van der Waals surface area (Å²) < 4.78 is 2.16. The molecule has 3 atom stereocenters. The molecule has 1 aromatic heterocycles. The number of halogens is 1. The first kappa shape index (κ1) is 22.0. The minimum Gasteiger partial charge on any atom is -0.356 e. The molecule has 1 aliphatic rings. The Hall–Kier alpha value is -2.66. The van der Waals surface area contributed by atoms with Crippen molar-refractivity contribution in [1.82, 2.24) is 15.2 Å². The van der Waals surface area contributed by atoms with Crippen molar-refractivity contribution in [2.24, 2.45) is 11.8 Å². The highest BCUT2D eigenvalue weighted by molar-refractivity contribution is 9.10. The lowest BCUT2D eigenvalue weighted by Gasteiger charge is -2.24. The number of carbonyl (C=O) groups is 2. The highest BCUT2D eigenvalue weighted by Gasteiger charge is 2.30. The van der Waals surface area contributed by atoms with Gasteiger partial charge < -0.3 is 15.2 Å². The van der Waals surface area contributed by atoms with E-state index in [0.29, 0.717) is 24.8 Å². The summed E-state index contributed by atoms with van der Waals surface area (Å²) in [6, 6.07) is 7.76. The maximum atomic E-state index is 13.2. The molecule has 30 heavy (non-hydrogen) atoms. The highest BCUT2D eigenvalue weighted by atomic mass is 79.9. The van der Waals surface area contributed by atoms with E-state index in [0.717, 1.165) is 9.86 Å². The fourth-order valence-corrected chi connectivity index (χ4v) is 4.42. The number of fused-ring (bicyclic) bond motifs is 1. The molecule has 0 spiro atoms. The van der Waals surface area contributed by atoms with Crippen LogP contribution in [0.3, 0.4) is 0 Å². The Morgan fingerprint density at radius 1 is 1.33 bits per heavy atom. The number of nitriles is 1. The van der Waals surface area contributed by atoms with Crippen LogP contribution in [0.5, 0.6) is 0 Å². The van der Waals surface area contributed by atoms with Crippen molar-refractivity contribution in [2.75, 3.05) is 6.54 Å². The van der Waals surface area contributed by atoms with Crippen LogP contribution in [0.25, 0.3) is 10.8 Å². The van der Waals surface area contributed by atoms with Crippen LogP contribution in [0.4, 0.5) is 0 Å². The van der Waals surface area contributed by atoms with E-state index in [2.05, 4.69) is 32.6 Å². The van der Waals surface area contributed by atoms with Crippen LogP contribution in [-0.2, 0) is 9.59 Å². The maximum absolute atomic E-state index is 13.2. The average molecular weight is 473 g/mol. The van der Waals surface area contributed by atoms with Gasteiger partial charge in [-0.15, -0.1) is 0 Å². The van der Waals surface area contributed by atoms with Crippen molar-refractivity contribution in [3.63, 3.8) is 0 Å². The number of benzene rings is 1. The van der Waals surface area contributed by atoms with Crippen molar-refractivity contribution in [1.29, 1.82) is 5.26 Å². The van der Waals surface area contributed by atoms with E-state index in [1.54, 1.807) is 18.3 Å². The van der Waals surface area contributed by atoms with E-state index < -0.39 is 18.0 Å². The van der Waals surface area contributed by atoms with Crippen LogP contribution in [0.2, 0.25) is 0 Å². The molecular formula is C22H25BrN4O3. The Morgan fingerprint density at radius 3 is 2.63 bits per heavy atom. The molecule has 7 nitrogen and oxygen atoms in total. The lowest BCUT2D eigenvalue weighted by Crippen LogP contribution is -2.43. The molecule has 158 valence electrons. The third-order valence-electron chi connectivity index (χ3n) is 5.39. The van der Waals surface area contributed by atoms with Crippen LogP contribution < -0.4 is 16.2 Å². The fourth-order valence-electron chi connectivity index (χ4n) is 3.86. The fraction of sp³-hybridized carbons (Fsp3) is 0.455. The number of nitrogens with one attached hydrogen (secondary N) is 2. The van der Waals surface area contributed by atoms with Crippen molar-refractivity contribution in [3.05, 3.63) is 45.3 Å². The third-order valence-corrected chi connectivity index (χ3v) is 6.02. The van der Waals surface area contributed by atoms with Crippen molar-refractivity contribution in [2.45, 2.75) is 45.2 Å². The quantitative estimate of drug-likeness (QED) is 0.646. The van der Waals surface area contributed by atoms with E-state index in [4.69, 9.17) is 0 Å². The standard InChI is InChI=1S/C22H25BrN4O3/c1-13(2)9-19(21(29)26-15(11-24)10-14-7-8-25-20(14)28)27-12-18(23)16-5-3-4-6-17(16)22(27)30/h3-6,12-15,19H,7-10H2,1-2H3,(H,25,28)(H,26,29)/t14-,15?,19?/m0/s1. The Kier molecular flexibility index (Phi) is 6.93. The number of hydrogen-bond acceptors (Lipinski definition) is 4. The molecule has 0 radical (unpaired) electrons. The Labute approximate surface area is 183 Å². The Morgan fingerprint density at radius 2 is 2.03 bits per heavy atom. The first-order valence-electron chi connectivity index (χ1n) is 10.1. The first-order valence-corrected chi connectivity index (χ1v) is 10.9. The molecule has 1 saturated heterocycles. The Balaban J connectivity index is 1.90. The topological polar surface area (TPSA) is 104 Å². The normalized spacial score (nSPS) is 18.1. The zero-order chi connectivity index (χ0) is 21.8. The largest absolute Gasteiger partial charge is 0.356 e. The smallest absolute Gasteiger partial charge is 0.259 e. The van der Waals surface area contributed by atoms with Crippen LogP contribution in [0, 0.1) is 23.2 Å². The Bertz CT molecular complexity index is 1060. The first-order chi connectivity index (χ1) is 14.3. The maximum Gasteiger partial charge on any atom is 0.259 e. The predicted molar refractivity (Wildman–Crippen MR) is 118 cm³/mol. The molecule has 0 aliphatic carbocycles. The second kappa shape index (κ2) is 9.43. The van der Waals surface area contributed by atoms with Gasteiger partial charge in [-0.25, -0.2) is 0 Å². The lowest BCUT2D eigenvalue weighted by molar-refractivity contribution is -0.126. The highest BCUT2D eigenvalue weighted by Crippen LogP contribution is 2.25. The number of rotatable bonds is 7. The van der Waals surface area contributed by atoms with Crippen LogP contribution in [-0.4, -0.2) is 29.0 Å². The van der Waals surface area contributed by atoms with E-state index in [-0.39, 0.29) is 29.7 Å². The summed E-state index contributed by atoms with van der Waals surface area (Å²) in [6.45, 7) is 4.55. The molecule has 2 N–H and O–H groups in total. The van der Waals surface area contributed by atoms with Crippen molar-refractivity contribution < 1.29 is 9.59 Å². The molecule has 2 unspecified atom stereocenters. The number of hydrogen-bond donors (Lipinski definition) is 2. The molecule has 1 aromatic carbocycles. The summed E-state index contributed by atoms with van der Waals surface area (Å²) in [4.78, 5) is 38.1. The van der Waals surface area contributed by atoms with Crippen LogP contribution >= 0.6 is 15.9 Å². The van der Waals surface area contributed by atoms with Gasteiger partial charge in [0.15, 0.2) is 0 Å². The van der Waals surface area contributed by atoms with Crippen molar-refractivity contribution >= 4 is 38.5 Å². The summed E-state index contributed by atoms with van der Waals surface area (Å²) in [5.41, 5.74) is -0.252. The number of pyridine rings is 1. The second-order valence-corrected chi connectivity index (χ2v) is 8.94. The predicted octanol–water partition coefficient (Wildman–Crippen LogP) is 2.89. The SMILES string of the molecule is CC(C)CC(C(=O)NC(C#N)C[C@@H]1CCNC1=O)n1cc(Br)c2ccccc2c1=O. The van der Waals surface area contributed by atoms with Gasteiger partial charge in [-0.05, 0) is 47.2 Å². The van der Waals surface area contributed by atoms with Crippen LogP contribution in [0.15, 0.2) is 39.7 Å². The van der Waals surface area contributed by atoms with Gasteiger partial charge in [0.25, 0.3) is 5.56 Å². The summed E-state index contributed by atoms with van der Waals surface area (Å²) in [5, 5.41) is 16.3. The van der Waals surface area contributed by atoms with Crippen LogP contribution in [0.1, 0.15) is 39.2 Å². The van der Waals surface area contributed by atoms with Gasteiger partial charge in [0.2, 0.25) is 11.8 Å². The summed E-state index contributed by atoms with van der Waals surface area (Å²) >= 11 is 3.51. The minimum atomic E-state index is -0.791. The number of amides is 2. The summed E-state index contributed by atoms with van der Waals surface area (Å²) in [7, 11) is 0. The lowest BCUT2D eigenvalue weighted by atomic mass is 9.98. The minimum absolute atomic E-state index is 0.0853. The second-order valence-electron chi connectivity index (χ2n) is 8.08. The number of aromatic nitrogens is 1. The molecule has 1 fully saturated rings. The number of nitrogens with zero attached hydrogens (tertiary/aromatic N) is 2. The summed E-state index contributed by atoms with van der Waals surface area (Å²) in [6.07, 6.45) is 3.00. The average Bonchev–Trinajstić information content (AvgIpc) is 3.12. The molecule has 2 heterocycles. The van der Waals surface area contributed by atoms with Crippen molar-refractivity contribution in [3.8, 4) is 6.07 Å². The van der Waals surface area contributed by atoms with Gasteiger partial charge in [-0.1, -0.05) is 32.0 Å². The van der Waals surface area contributed by atoms with Gasteiger partial charge in [0, 0.05) is 33.9 Å². The molecule has 2 amide bonds. The van der Waals surface area contributed by atoms with Gasteiger partial charge in [-0.3, -0.25) is 14.4 Å². The molecular weight excluding hydrogens is 448 g/mol. The van der Waals surface area contributed by atoms with Gasteiger partial charge in [0.05, 0.1) is 6.07 Å². The monoisotopic (exact) mass is 472 g/mol. The molecule has 2 aromatic rings. The summed E-state index contributed by atoms with van der Waals surface area (Å²) in [5.74, 6) is -0.606. The van der Waals surface area contributed by atoms with E-state index in [9.17, 15) is 19.6 Å². The molecule has 8 heteroatoms. The van der Waals surface area contributed by atoms with E-state index in [1.165, 1.54) is 4.57 Å². The van der Waals surface area contributed by atoms with E-state index in [1.807, 2.05) is 26.0 Å². The van der Waals surface area contributed by atoms with Gasteiger partial charge in [-0.2, -0.15) is 5.26 Å². The third kappa shape index (κ3) is 4.73.